The molecule has 0 saturated heterocycles. The summed E-state index contributed by atoms with van der Waals surface area (Å²) in [5.41, 5.74) is 10.8. The molecule has 2 aromatic heterocycles. The lowest BCUT2D eigenvalue weighted by Gasteiger charge is -2.15. The summed E-state index contributed by atoms with van der Waals surface area (Å²) < 4.78 is 7.93. The molecule has 0 fully saturated rings. The fourth-order valence-corrected chi connectivity index (χ4v) is 3.07. The molecule has 1 unspecified atom stereocenters. The van der Waals surface area contributed by atoms with Crippen molar-refractivity contribution in [3.05, 3.63) is 53.9 Å². The summed E-state index contributed by atoms with van der Waals surface area (Å²) in [6, 6.07) is 14.0. The van der Waals surface area contributed by atoms with Gasteiger partial charge in [0.1, 0.15) is 11.4 Å². The van der Waals surface area contributed by atoms with E-state index >= 15 is 0 Å². The van der Waals surface area contributed by atoms with Crippen LogP contribution in [0.1, 0.15) is 31.2 Å². The molecule has 1 atom stereocenters. The maximum absolute atomic E-state index is 5.97. The van der Waals surface area contributed by atoms with Crippen LogP contribution < -0.4 is 10.5 Å². The molecule has 1 aromatic carbocycles. The van der Waals surface area contributed by atoms with E-state index in [0.717, 1.165) is 34.0 Å². The van der Waals surface area contributed by atoms with E-state index in [1.807, 2.05) is 50.2 Å². The molecule has 3 rings (SSSR count). The Hall–Kier alpha value is -2.40. The largest absolute Gasteiger partial charge is 0.493 e. The number of ether oxygens (including phenoxy) is 1. The summed E-state index contributed by atoms with van der Waals surface area (Å²) in [6.45, 7) is 6.65. The Kier molecular flexibility index (Phi) is 4.53. The third kappa shape index (κ3) is 2.76. The lowest BCUT2D eigenvalue weighted by atomic mass is 10.0. The molecule has 0 amide bonds. The molecule has 4 nitrogen and oxygen atoms in total. The molecule has 3 aromatic rings. The van der Waals surface area contributed by atoms with E-state index in [2.05, 4.69) is 17.4 Å². The van der Waals surface area contributed by atoms with Crippen LogP contribution in [0.2, 0.25) is 0 Å². The number of fused-ring (bicyclic) bond motifs is 1. The van der Waals surface area contributed by atoms with E-state index in [4.69, 9.17) is 27.7 Å². The summed E-state index contributed by atoms with van der Waals surface area (Å²) in [5, 5.41) is 0. The first kappa shape index (κ1) is 16.5. The number of rotatable bonds is 5. The monoisotopic (exact) mass is 339 g/mol. The average molecular weight is 339 g/mol. The second-order valence-corrected chi connectivity index (χ2v) is 6.23. The first-order valence-corrected chi connectivity index (χ1v) is 8.45. The third-order valence-electron chi connectivity index (χ3n) is 4.15. The maximum atomic E-state index is 5.97. The van der Waals surface area contributed by atoms with Gasteiger partial charge >= 0.3 is 0 Å². The molecule has 124 valence electrons. The lowest BCUT2D eigenvalue weighted by molar-refractivity contribution is 0.341. The topological polar surface area (TPSA) is 52.5 Å². The molecule has 0 aliphatic rings. The van der Waals surface area contributed by atoms with E-state index in [9.17, 15) is 0 Å². The fourth-order valence-electron chi connectivity index (χ4n) is 2.96. The van der Waals surface area contributed by atoms with E-state index in [1.54, 1.807) is 0 Å². The van der Waals surface area contributed by atoms with Crippen molar-refractivity contribution in [3.63, 3.8) is 0 Å². The van der Waals surface area contributed by atoms with Crippen molar-refractivity contribution in [1.82, 2.24) is 9.38 Å². The minimum Gasteiger partial charge on any atom is -0.493 e. The molecular formula is C19H21N3OS. The van der Waals surface area contributed by atoms with Gasteiger partial charge in [-0.25, -0.2) is 4.98 Å². The number of hydrogen-bond donors (Lipinski definition) is 1. The van der Waals surface area contributed by atoms with Crippen molar-refractivity contribution < 1.29 is 4.74 Å². The number of pyridine rings is 1. The van der Waals surface area contributed by atoms with Crippen LogP contribution in [0.4, 0.5) is 0 Å². The zero-order chi connectivity index (χ0) is 17.3. The minimum atomic E-state index is -0.0965. The van der Waals surface area contributed by atoms with Gasteiger partial charge in [-0.05, 0) is 38.1 Å². The molecule has 0 aliphatic heterocycles. The Balaban J connectivity index is 2.35. The first-order chi connectivity index (χ1) is 11.5. The number of imidazole rings is 1. The highest BCUT2D eigenvalue weighted by Crippen LogP contribution is 2.36. The predicted molar refractivity (Wildman–Crippen MR) is 102 cm³/mol. The van der Waals surface area contributed by atoms with Gasteiger partial charge in [-0.2, -0.15) is 0 Å². The summed E-state index contributed by atoms with van der Waals surface area (Å²) in [5.74, 6) is 0.721. The zero-order valence-corrected chi connectivity index (χ0v) is 14.9. The van der Waals surface area contributed by atoms with Crippen molar-refractivity contribution >= 4 is 22.9 Å². The van der Waals surface area contributed by atoms with E-state index < -0.39 is 0 Å². The normalized spacial score (nSPS) is 12.3. The number of para-hydroxylation sites is 1. The SMILES string of the molecule is CCOc1ccccc1-c1nc2cccc(C)n2c1C(C)C(N)=S. The molecule has 0 spiro atoms. The third-order valence-corrected chi connectivity index (χ3v) is 4.51. The zero-order valence-electron chi connectivity index (χ0n) is 14.1. The van der Waals surface area contributed by atoms with Gasteiger partial charge in [0.2, 0.25) is 0 Å². The average Bonchev–Trinajstić information content (AvgIpc) is 2.95. The summed E-state index contributed by atoms with van der Waals surface area (Å²) >= 11 is 5.27. The van der Waals surface area contributed by atoms with Crippen LogP contribution in [0.5, 0.6) is 5.75 Å². The molecule has 0 radical (unpaired) electrons. The number of thiocarbonyl (C=S) groups is 1. The van der Waals surface area contributed by atoms with E-state index in [1.165, 1.54) is 0 Å². The van der Waals surface area contributed by atoms with Crippen LogP contribution in [0.25, 0.3) is 16.9 Å². The van der Waals surface area contributed by atoms with Gasteiger partial charge in [0.25, 0.3) is 0 Å². The van der Waals surface area contributed by atoms with E-state index in [-0.39, 0.29) is 5.92 Å². The second-order valence-electron chi connectivity index (χ2n) is 5.76. The van der Waals surface area contributed by atoms with Crippen molar-refractivity contribution in [2.75, 3.05) is 6.61 Å². The molecule has 24 heavy (non-hydrogen) atoms. The Labute approximate surface area is 147 Å². The Morgan fingerprint density at radius 3 is 2.71 bits per heavy atom. The lowest BCUT2D eigenvalue weighted by Crippen LogP contribution is -2.19. The van der Waals surface area contributed by atoms with Gasteiger partial charge in [0, 0.05) is 17.2 Å². The smallest absolute Gasteiger partial charge is 0.137 e. The van der Waals surface area contributed by atoms with Crippen LogP contribution in [0.3, 0.4) is 0 Å². The number of hydrogen-bond acceptors (Lipinski definition) is 3. The van der Waals surface area contributed by atoms with Crippen LogP contribution in [0, 0.1) is 6.92 Å². The van der Waals surface area contributed by atoms with Gasteiger partial charge in [-0.3, -0.25) is 4.40 Å². The van der Waals surface area contributed by atoms with Crippen molar-refractivity contribution in [2.45, 2.75) is 26.7 Å². The van der Waals surface area contributed by atoms with Crippen molar-refractivity contribution in [2.24, 2.45) is 5.73 Å². The molecule has 0 bridgehead atoms. The maximum Gasteiger partial charge on any atom is 0.137 e. The number of nitrogens with zero attached hydrogens (tertiary/aromatic N) is 2. The van der Waals surface area contributed by atoms with Crippen LogP contribution in [0.15, 0.2) is 42.5 Å². The number of aryl methyl sites for hydroxylation is 1. The molecule has 0 aliphatic carbocycles. The summed E-state index contributed by atoms with van der Waals surface area (Å²) in [6.07, 6.45) is 0. The molecule has 0 saturated carbocycles. The van der Waals surface area contributed by atoms with Crippen LogP contribution in [-0.2, 0) is 0 Å². The molecule has 2 N–H and O–H groups in total. The first-order valence-electron chi connectivity index (χ1n) is 8.04. The van der Waals surface area contributed by atoms with Crippen molar-refractivity contribution in [1.29, 1.82) is 0 Å². The van der Waals surface area contributed by atoms with Crippen molar-refractivity contribution in [3.8, 4) is 17.0 Å². The molecule has 5 heteroatoms. The highest BCUT2D eigenvalue weighted by molar-refractivity contribution is 7.80. The summed E-state index contributed by atoms with van der Waals surface area (Å²) in [7, 11) is 0. The highest BCUT2D eigenvalue weighted by atomic mass is 32.1. The van der Waals surface area contributed by atoms with E-state index in [0.29, 0.717) is 11.6 Å². The van der Waals surface area contributed by atoms with Gasteiger partial charge in [0.15, 0.2) is 0 Å². The van der Waals surface area contributed by atoms with Gasteiger partial charge in [-0.15, -0.1) is 0 Å². The Bertz CT molecular complexity index is 901. The number of aromatic nitrogens is 2. The Morgan fingerprint density at radius 1 is 1.25 bits per heavy atom. The van der Waals surface area contributed by atoms with Gasteiger partial charge < -0.3 is 10.5 Å². The standard InChI is InChI=1S/C19H21N3OS/c1-4-23-15-10-6-5-9-14(15)17-18(13(3)19(20)24)22-12(2)8-7-11-16(22)21-17/h5-11,13H,4H2,1-3H3,(H2,20,24). The molecular weight excluding hydrogens is 318 g/mol. The summed E-state index contributed by atoms with van der Waals surface area (Å²) in [4.78, 5) is 5.31. The minimum absolute atomic E-state index is 0.0965. The highest BCUT2D eigenvalue weighted by Gasteiger charge is 2.23. The second kappa shape index (κ2) is 6.61. The quantitative estimate of drug-likeness (QED) is 0.711. The Morgan fingerprint density at radius 2 is 2.00 bits per heavy atom. The number of nitrogens with two attached hydrogens (primary N) is 1. The predicted octanol–water partition coefficient (Wildman–Crippen LogP) is 4.10. The fraction of sp³-hybridized carbons (Fsp3) is 0.263. The van der Waals surface area contributed by atoms with Crippen LogP contribution in [-0.4, -0.2) is 21.0 Å². The number of benzene rings is 1. The van der Waals surface area contributed by atoms with Gasteiger partial charge in [0.05, 0.1) is 23.0 Å². The molecule has 2 heterocycles. The van der Waals surface area contributed by atoms with Crippen LogP contribution >= 0.6 is 12.2 Å². The van der Waals surface area contributed by atoms with Gasteiger partial charge in [-0.1, -0.05) is 37.3 Å².